The van der Waals surface area contributed by atoms with Gasteiger partial charge in [0, 0.05) is 31.0 Å². The van der Waals surface area contributed by atoms with Crippen LogP contribution in [0.5, 0.6) is 23.0 Å². The highest BCUT2D eigenvalue weighted by Crippen LogP contribution is 2.33. The van der Waals surface area contributed by atoms with E-state index in [0.29, 0.717) is 30.0 Å². The monoisotopic (exact) mass is 514 g/mol. The lowest BCUT2D eigenvalue weighted by atomic mass is 10.1. The fourth-order valence-corrected chi connectivity index (χ4v) is 4.52. The van der Waals surface area contributed by atoms with Crippen molar-refractivity contribution in [3.8, 4) is 39.9 Å². The SMILES string of the molecule is COc1ccc(-c2cc(C(=O)N(C)CCc3ccc(OC)c(OC)c3)c(C)n2-c2cccc(OC)c2)cc1. The average Bonchev–Trinajstić information content (AvgIpc) is 3.31. The minimum absolute atomic E-state index is 0.0422. The Morgan fingerprint density at radius 1 is 0.789 bits per heavy atom. The van der Waals surface area contributed by atoms with Crippen molar-refractivity contribution in [1.82, 2.24) is 9.47 Å². The molecule has 0 radical (unpaired) electrons. The number of rotatable bonds is 10. The van der Waals surface area contributed by atoms with Crippen molar-refractivity contribution in [3.63, 3.8) is 0 Å². The summed E-state index contributed by atoms with van der Waals surface area (Å²) in [7, 11) is 8.36. The molecule has 1 amide bonds. The Bertz CT molecular complexity index is 1410. The summed E-state index contributed by atoms with van der Waals surface area (Å²) in [5.41, 5.74) is 5.37. The summed E-state index contributed by atoms with van der Waals surface area (Å²) in [6.07, 6.45) is 0.684. The first-order valence-corrected chi connectivity index (χ1v) is 12.4. The highest BCUT2D eigenvalue weighted by molar-refractivity contribution is 5.97. The first-order valence-electron chi connectivity index (χ1n) is 12.4. The Balaban J connectivity index is 1.66. The Kier molecular flexibility index (Phi) is 8.26. The van der Waals surface area contributed by atoms with Crippen LogP contribution in [0.3, 0.4) is 0 Å². The van der Waals surface area contributed by atoms with Gasteiger partial charge in [-0.25, -0.2) is 0 Å². The van der Waals surface area contributed by atoms with Crippen LogP contribution < -0.4 is 18.9 Å². The van der Waals surface area contributed by atoms with E-state index in [9.17, 15) is 4.79 Å². The van der Waals surface area contributed by atoms with Gasteiger partial charge < -0.3 is 28.4 Å². The summed E-state index contributed by atoms with van der Waals surface area (Å²) in [6.45, 7) is 2.53. The maximum absolute atomic E-state index is 13.7. The van der Waals surface area contributed by atoms with Crippen molar-refractivity contribution in [2.24, 2.45) is 0 Å². The van der Waals surface area contributed by atoms with Crippen LogP contribution >= 0.6 is 0 Å². The fourth-order valence-electron chi connectivity index (χ4n) is 4.52. The van der Waals surface area contributed by atoms with E-state index < -0.39 is 0 Å². The molecular formula is C31H34N2O5. The van der Waals surface area contributed by atoms with Crippen LogP contribution in [0.15, 0.2) is 72.8 Å². The van der Waals surface area contributed by atoms with Gasteiger partial charge >= 0.3 is 0 Å². The molecule has 3 aromatic carbocycles. The second-order valence-corrected chi connectivity index (χ2v) is 8.96. The van der Waals surface area contributed by atoms with E-state index in [4.69, 9.17) is 18.9 Å². The fraction of sp³-hybridized carbons (Fsp3) is 0.258. The third-order valence-corrected chi connectivity index (χ3v) is 6.71. The highest BCUT2D eigenvalue weighted by atomic mass is 16.5. The molecule has 1 aromatic heterocycles. The molecule has 0 bridgehead atoms. The molecule has 0 saturated heterocycles. The lowest BCUT2D eigenvalue weighted by molar-refractivity contribution is 0.0796. The molecule has 38 heavy (non-hydrogen) atoms. The quantitative estimate of drug-likeness (QED) is 0.268. The Labute approximate surface area is 224 Å². The average molecular weight is 515 g/mol. The largest absolute Gasteiger partial charge is 0.497 e. The second kappa shape index (κ2) is 11.8. The molecule has 7 heteroatoms. The zero-order valence-electron chi connectivity index (χ0n) is 22.8. The minimum atomic E-state index is -0.0422. The van der Waals surface area contributed by atoms with E-state index in [-0.39, 0.29) is 5.91 Å². The Morgan fingerprint density at radius 2 is 1.50 bits per heavy atom. The number of carbonyl (C=O) groups is 1. The number of carbonyl (C=O) groups excluding carboxylic acids is 1. The first kappa shape index (κ1) is 26.7. The molecule has 0 aliphatic carbocycles. The van der Waals surface area contributed by atoms with Gasteiger partial charge in [-0.15, -0.1) is 0 Å². The van der Waals surface area contributed by atoms with Gasteiger partial charge in [0.05, 0.1) is 39.7 Å². The van der Waals surface area contributed by atoms with E-state index in [2.05, 4.69) is 4.57 Å². The van der Waals surface area contributed by atoms with E-state index in [1.807, 2.05) is 86.8 Å². The maximum atomic E-state index is 13.7. The molecule has 0 spiro atoms. The number of nitrogens with zero attached hydrogens (tertiary/aromatic N) is 2. The van der Waals surface area contributed by atoms with Crippen LogP contribution in [0.25, 0.3) is 16.9 Å². The number of hydrogen-bond acceptors (Lipinski definition) is 5. The molecule has 0 unspecified atom stereocenters. The Morgan fingerprint density at radius 3 is 2.16 bits per heavy atom. The van der Waals surface area contributed by atoms with Crippen LogP contribution in [0, 0.1) is 6.92 Å². The summed E-state index contributed by atoms with van der Waals surface area (Å²) < 4.78 is 23.7. The van der Waals surface area contributed by atoms with Crippen molar-refractivity contribution in [1.29, 1.82) is 0 Å². The first-order chi connectivity index (χ1) is 18.4. The second-order valence-electron chi connectivity index (χ2n) is 8.96. The molecule has 1 heterocycles. The molecule has 0 aliphatic rings. The van der Waals surface area contributed by atoms with E-state index in [1.165, 1.54) is 0 Å². The van der Waals surface area contributed by atoms with Crippen LogP contribution in [-0.2, 0) is 6.42 Å². The minimum Gasteiger partial charge on any atom is -0.497 e. The third-order valence-electron chi connectivity index (χ3n) is 6.71. The molecule has 7 nitrogen and oxygen atoms in total. The smallest absolute Gasteiger partial charge is 0.255 e. The van der Waals surface area contributed by atoms with Crippen LogP contribution in [0.1, 0.15) is 21.6 Å². The van der Waals surface area contributed by atoms with E-state index >= 15 is 0 Å². The number of benzene rings is 3. The lowest BCUT2D eigenvalue weighted by Crippen LogP contribution is -2.29. The van der Waals surface area contributed by atoms with Crippen LogP contribution in [0.2, 0.25) is 0 Å². The number of ether oxygens (including phenoxy) is 4. The predicted octanol–water partition coefficient (Wildman–Crippen LogP) is 5.80. The van der Waals surface area contributed by atoms with Crippen molar-refractivity contribution >= 4 is 5.91 Å². The van der Waals surface area contributed by atoms with Gasteiger partial charge in [-0.1, -0.05) is 12.1 Å². The van der Waals surface area contributed by atoms with Crippen LogP contribution in [0.4, 0.5) is 0 Å². The summed E-state index contributed by atoms with van der Waals surface area (Å²) in [5, 5.41) is 0. The van der Waals surface area contributed by atoms with Crippen LogP contribution in [-0.4, -0.2) is 57.4 Å². The number of hydrogen-bond donors (Lipinski definition) is 0. The number of amides is 1. The lowest BCUT2D eigenvalue weighted by Gasteiger charge is -2.18. The molecular weight excluding hydrogens is 480 g/mol. The predicted molar refractivity (Wildman–Crippen MR) is 149 cm³/mol. The van der Waals surface area contributed by atoms with Crippen molar-refractivity contribution < 1.29 is 23.7 Å². The van der Waals surface area contributed by atoms with E-state index in [1.54, 1.807) is 33.3 Å². The van der Waals surface area contributed by atoms with Gasteiger partial charge in [0.1, 0.15) is 11.5 Å². The number of methoxy groups -OCH3 is 4. The topological polar surface area (TPSA) is 62.2 Å². The number of aromatic nitrogens is 1. The molecule has 0 N–H and O–H groups in total. The molecule has 4 rings (SSSR count). The molecule has 0 aliphatic heterocycles. The number of likely N-dealkylation sites (N-methyl/N-ethyl adjacent to an activating group) is 1. The van der Waals surface area contributed by atoms with Gasteiger partial charge in [0.2, 0.25) is 0 Å². The zero-order valence-corrected chi connectivity index (χ0v) is 22.8. The van der Waals surface area contributed by atoms with E-state index in [0.717, 1.165) is 39.7 Å². The highest BCUT2D eigenvalue weighted by Gasteiger charge is 2.22. The zero-order chi connectivity index (χ0) is 27.2. The van der Waals surface area contributed by atoms with Gasteiger partial charge in [-0.05, 0) is 79.1 Å². The maximum Gasteiger partial charge on any atom is 0.255 e. The van der Waals surface area contributed by atoms with Crippen molar-refractivity contribution in [3.05, 3.63) is 89.6 Å². The molecule has 0 fully saturated rings. The van der Waals surface area contributed by atoms with Crippen molar-refractivity contribution in [2.45, 2.75) is 13.3 Å². The molecule has 4 aromatic rings. The normalized spacial score (nSPS) is 10.7. The molecule has 198 valence electrons. The van der Waals surface area contributed by atoms with Gasteiger partial charge in [-0.2, -0.15) is 0 Å². The van der Waals surface area contributed by atoms with Gasteiger partial charge in [0.15, 0.2) is 11.5 Å². The third kappa shape index (κ3) is 5.47. The summed E-state index contributed by atoms with van der Waals surface area (Å²) in [5.74, 6) is 2.84. The summed E-state index contributed by atoms with van der Waals surface area (Å²) in [6, 6.07) is 23.5. The Hall–Kier alpha value is -4.39. The summed E-state index contributed by atoms with van der Waals surface area (Å²) >= 11 is 0. The standard InChI is InChI=1S/C31H34N2O5/c1-21-27(31(34)32(2)17-16-22-10-15-29(37-5)30(18-22)38-6)20-28(23-11-13-25(35-3)14-12-23)33(21)24-8-7-9-26(19-24)36-4/h7-15,18-20H,16-17H2,1-6H3. The molecule has 0 atom stereocenters. The van der Waals surface area contributed by atoms with Gasteiger partial charge in [0.25, 0.3) is 5.91 Å². The van der Waals surface area contributed by atoms with Crippen molar-refractivity contribution in [2.75, 3.05) is 42.0 Å². The summed E-state index contributed by atoms with van der Waals surface area (Å²) in [4.78, 5) is 15.4. The van der Waals surface area contributed by atoms with Gasteiger partial charge in [-0.3, -0.25) is 4.79 Å². The molecule has 0 saturated carbocycles.